The van der Waals surface area contributed by atoms with Crippen LogP contribution in [0.1, 0.15) is 29.6 Å². The van der Waals surface area contributed by atoms with Crippen molar-refractivity contribution in [2.24, 2.45) is 0 Å². The standard InChI is InChI=1S/C10H11NO2S/c12-10(13)7-4-5-11-9(6-7)14-8-2-1-3-8/h4-6,8H,1-3H2,(H,12,13). The Balaban J connectivity index is 2.09. The molecule has 0 amide bonds. The SMILES string of the molecule is O=C(O)c1ccnc(SC2CCC2)c1. The number of carboxylic acid groups (broad SMARTS) is 1. The first-order chi connectivity index (χ1) is 6.75. The maximum atomic E-state index is 10.7. The summed E-state index contributed by atoms with van der Waals surface area (Å²) in [6.45, 7) is 0. The van der Waals surface area contributed by atoms with E-state index in [9.17, 15) is 4.79 Å². The number of rotatable bonds is 3. The molecule has 4 heteroatoms. The Kier molecular flexibility index (Phi) is 2.72. The van der Waals surface area contributed by atoms with E-state index in [0.29, 0.717) is 10.8 Å². The van der Waals surface area contributed by atoms with Crippen LogP contribution < -0.4 is 0 Å². The topological polar surface area (TPSA) is 50.2 Å². The van der Waals surface area contributed by atoms with Gasteiger partial charge in [-0.25, -0.2) is 9.78 Å². The van der Waals surface area contributed by atoms with Gasteiger partial charge < -0.3 is 5.11 Å². The number of nitrogens with zero attached hydrogens (tertiary/aromatic N) is 1. The maximum Gasteiger partial charge on any atom is 0.335 e. The van der Waals surface area contributed by atoms with Crippen LogP contribution in [0.25, 0.3) is 0 Å². The molecule has 1 aromatic rings. The molecule has 1 heterocycles. The summed E-state index contributed by atoms with van der Waals surface area (Å²) < 4.78 is 0. The van der Waals surface area contributed by atoms with E-state index in [4.69, 9.17) is 5.11 Å². The summed E-state index contributed by atoms with van der Waals surface area (Å²) in [6.07, 6.45) is 5.30. The molecule has 1 N–H and O–H groups in total. The second-order valence-corrected chi connectivity index (χ2v) is 4.68. The molecule has 0 unspecified atom stereocenters. The van der Waals surface area contributed by atoms with Crippen molar-refractivity contribution in [3.8, 4) is 0 Å². The van der Waals surface area contributed by atoms with Gasteiger partial charge >= 0.3 is 5.97 Å². The third-order valence-corrected chi connectivity index (χ3v) is 3.59. The van der Waals surface area contributed by atoms with Crippen LogP contribution >= 0.6 is 11.8 Å². The third kappa shape index (κ3) is 2.07. The lowest BCUT2D eigenvalue weighted by Gasteiger charge is -2.23. The Bertz CT molecular complexity index is 350. The van der Waals surface area contributed by atoms with Gasteiger partial charge in [-0.3, -0.25) is 0 Å². The van der Waals surface area contributed by atoms with Gasteiger partial charge in [0.1, 0.15) is 0 Å². The van der Waals surface area contributed by atoms with E-state index in [2.05, 4.69) is 4.98 Å². The first-order valence-corrected chi connectivity index (χ1v) is 5.49. The van der Waals surface area contributed by atoms with Crippen LogP contribution in [0.2, 0.25) is 0 Å². The second-order valence-electron chi connectivity index (χ2n) is 3.36. The number of thioether (sulfide) groups is 1. The molecule has 1 saturated carbocycles. The molecule has 0 aliphatic heterocycles. The molecule has 3 nitrogen and oxygen atoms in total. The predicted octanol–water partition coefficient (Wildman–Crippen LogP) is 2.42. The van der Waals surface area contributed by atoms with Crippen LogP contribution in [0.4, 0.5) is 0 Å². The summed E-state index contributed by atoms with van der Waals surface area (Å²) in [5.41, 5.74) is 0.321. The molecule has 0 bridgehead atoms. The Morgan fingerprint density at radius 3 is 2.93 bits per heavy atom. The molecule has 1 fully saturated rings. The fraction of sp³-hybridized carbons (Fsp3) is 0.400. The lowest BCUT2D eigenvalue weighted by molar-refractivity contribution is 0.0696. The summed E-state index contributed by atoms with van der Waals surface area (Å²) in [6, 6.07) is 3.17. The number of carboxylic acids is 1. The molecule has 0 aromatic carbocycles. The smallest absolute Gasteiger partial charge is 0.335 e. The van der Waals surface area contributed by atoms with E-state index in [1.165, 1.54) is 25.3 Å². The molecular weight excluding hydrogens is 198 g/mol. The Labute approximate surface area is 86.5 Å². The molecule has 14 heavy (non-hydrogen) atoms. The van der Waals surface area contributed by atoms with Gasteiger partial charge in [-0.1, -0.05) is 6.42 Å². The van der Waals surface area contributed by atoms with E-state index in [1.807, 2.05) is 0 Å². The minimum Gasteiger partial charge on any atom is -0.478 e. The van der Waals surface area contributed by atoms with E-state index < -0.39 is 5.97 Å². The molecule has 2 rings (SSSR count). The Morgan fingerprint density at radius 1 is 1.57 bits per heavy atom. The van der Waals surface area contributed by atoms with Gasteiger partial charge in [0.2, 0.25) is 0 Å². The lowest BCUT2D eigenvalue weighted by atomic mass is 10.0. The normalized spacial score (nSPS) is 16.3. The number of aromatic nitrogens is 1. The molecule has 1 aliphatic carbocycles. The molecule has 74 valence electrons. The average molecular weight is 209 g/mol. The zero-order valence-electron chi connectivity index (χ0n) is 7.64. The maximum absolute atomic E-state index is 10.7. The van der Waals surface area contributed by atoms with Crippen LogP contribution in [-0.4, -0.2) is 21.3 Å². The van der Waals surface area contributed by atoms with E-state index in [1.54, 1.807) is 24.0 Å². The van der Waals surface area contributed by atoms with Crippen molar-refractivity contribution >= 4 is 17.7 Å². The van der Waals surface area contributed by atoms with E-state index in [0.717, 1.165) is 5.03 Å². The molecule has 1 aliphatic rings. The van der Waals surface area contributed by atoms with Gasteiger partial charge in [-0.05, 0) is 25.0 Å². The van der Waals surface area contributed by atoms with Crippen LogP contribution in [0.3, 0.4) is 0 Å². The van der Waals surface area contributed by atoms with Gasteiger partial charge in [0.25, 0.3) is 0 Å². The van der Waals surface area contributed by atoms with Gasteiger partial charge in [0.05, 0.1) is 10.6 Å². The van der Waals surface area contributed by atoms with Crippen LogP contribution in [-0.2, 0) is 0 Å². The Morgan fingerprint density at radius 2 is 2.36 bits per heavy atom. The van der Waals surface area contributed by atoms with Crippen molar-refractivity contribution in [1.29, 1.82) is 0 Å². The van der Waals surface area contributed by atoms with Gasteiger partial charge in [-0.15, -0.1) is 11.8 Å². The van der Waals surface area contributed by atoms with Gasteiger partial charge in [0.15, 0.2) is 0 Å². The van der Waals surface area contributed by atoms with E-state index in [-0.39, 0.29) is 0 Å². The molecule has 0 saturated heterocycles. The molecule has 0 spiro atoms. The molecule has 0 atom stereocenters. The highest BCUT2D eigenvalue weighted by atomic mass is 32.2. The van der Waals surface area contributed by atoms with Crippen LogP contribution in [0, 0.1) is 0 Å². The first kappa shape index (κ1) is 9.52. The molecule has 1 aromatic heterocycles. The van der Waals surface area contributed by atoms with E-state index >= 15 is 0 Å². The van der Waals surface area contributed by atoms with Gasteiger partial charge in [0, 0.05) is 11.4 Å². The van der Waals surface area contributed by atoms with Crippen LogP contribution in [0.5, 0.6) is 0 Å². The fourth-order valence-corrected chi connectivity index (χ4v) is 2.49. The monoisotopic (exact) mass is 209 g/mol. The van der Waals surface area contributed by atoms with Crippen molar-refractivity contribution in [1.82, 2.24) is 4.98 Å². The van der Waals surface area contributed by atoms with Crippen molar-refractivity contribution in [2.75, 3.05) is 0 Å². The summed E-state index contributed by atoms with van der Waals surface area (Å²) in [5, 5.41) is 10.3. The summed E-state index contributed by atoms with van der Waals surface area (Å²) in [4.78, 5) is 14.8. The zero-order valence-corrected chi connectivity index (χ0v) is 8.46. The largest absolute Gasteiger partial charge is 0.478 e. The highest BCUT2D eigenvalue weighted by Gasteiger charge is 2.19. The number of hydrogen-bond acceptors (Lipinski definition) is 3. The van der Waals surface area contributed by atoms with Gasteiger partial charge in [-0.2, -0.15) is 0 Å². The summed E-state index contributed by atoms with van der Waals surface area (Å²) in [5.74, 6) is -0.886. The molecule has 0 radical (unpaired) electrons. The summed E-state index contributed by atoms with van der Waals surface area (Å²) >= 11 is 1.69. The minimum absolute atomic E-state index is 0.321. The summed E-state index contributed by atoms with van der Waals surface area (Å²) in [7, 11) is 0. The number of carbonyl (C=O) groups is 1. The lowest BCUT2D eigenvalue weighted by Crippen LogP contribution is -2.13. The highest BCUT2D eigenvalue weighted by Crippen LogP contribution is 2.35. The highest BCUT2D eigenvalue weighted by molar-refractivity contribution is 7.99. The zero-order chi connectivity index (χ0) is 9.97. The number of pyridine rings is 1. The molecular formula is C10H11NO2S. The number of hydrogen-bond donors (Lipinski definition) is 1. The first-order valence-electron chi connectivity index (χ1n) is 4.62. The van der Waals surface area contributed by atoms with Crippen molar-refractivity contribution in [2.45, 2.75) is 29.5 Å². The average Bonchev–Trinajstić information content (AvgIpc) is 2.12. The quantitative estimate of drug-likeness (QED) is 0.830. The number of aromatic carboxylic acids is 1. The third-order valence-electron chi connectivity index (χ3n) is 2.32. The van der Waals surface area contributed by atoms with Crippen molar-refractivity contribution < 1.29 is 9.90 Å². The van der Waals surface area contributed by atoms with Crippen LogP contribution in [0.15, 0.2) is 23.4 Å². The Hall–Kier alpha value is -1.03. The van der Waals surface area contributed by atoms with Crippen molar-refractivity contribution in [3.63, 3.8) is 0 Å². The van der Waals surface area contributed by atoms with Crippen molar-refractivity contribution in [3.05, 3.63) is 23.9 Å². The predicted molar refractivity (Wildman–Crippen MR) is 54.7 cm³/mol. The second kappa shape index (κ2) is 4.00. The minimum atomic E-state index is -0.886. The fourth-order valence-electron chi connectivity index (χ4n) is 1.27.